The summed E-state index contributed by atoms with van der Waals surface area (Å²) >= 11 is 0. The van der Waals surface area contributed by atoms with Crippen LogP contribution in [0.15, 0.2) is 48.8 Å². The van der Waals surface area contributed by atoms with E-state index in [0.717, 1.165) is 10.9 Å². The minimum Gasteiger partial charge on any atom is -0.332 e. The molecule has 2 aromatic rings. The largest absolute Gasteiger partial charge is 0.363 e. The molecule has 1 heterocycles. The van der Waals surface area contributed by atoms with Crippen LogP contribution in [0.5, 0.6) is 0 Å². The molecule has 1 aromatic carbocycles. The molecular formula is C11H8FNO2. The van der Waals surface area contributed by atoms with Gasteiger partial charge in [0.05, 0.1) is 11.8 Å². The second-order valence-electron chi connectivity index (χ2n) is 2.93. The molecule has 0 atom stereocenters. The Labute approximate surface area is 85.7 Å². The van der Waals surface area contributed by atoms with Crippen LogP contribution in [0.1, 0.15) is 10.4 Å². The van der Waals surface area contributed by atoms with E-state index in [-0.39, 0.29) is 0 Å². The van der Waals surface area contributed by atoms with E-state index in [9.17, 15) is 9.18 Å². The zero-order valence-electron chi connectivity index (χ0n) is 7.76. The standard InChI is InChI=1S/C11H8FNO2/c12-10-6-7-13(8-10)15-11(14)9-4-2-1-3-5-9/h1-8H. The van der Waals surface area contributed by atoms with Crippen LogP contribution in [-0.4, -0.2) is 10.7 Å². The molecule has 0 spiro atoms. The van der Waals surface area contributed by atoms with Gasteiger partial charge in [0.1, 0.15) is 5.82 Å². The maximum Gasteiger partial charge on any atom is 0.363 e. The molecule has 15 heavy (non-hydrogen) atoms. The Bertz CT molecular complexity index is 464. The van der Waals surface area contributed by atoms with Gasteiger partial charge in [0.25, 0.3) is 0 Å². The van der Waals surface area contributed by atoms with Gasteiger partial charge in [-0.15, -0.1) is 0 Å². The van der Waals surface area contributed by atoms with Crippen molar-refractivity contribution in [2.45, 2.75) is 0 Å². The summed E-state index contributed by atoms with van der Waals surface area (Å²) in [5.41, 5.74) is 0.423. The molecule has 0 bridgehead atoms. The van der Waals surface area contributed by atoms with Crippen LogP contribution in [-0.2, 0) is 0 Å². The van der Waals surface area contributed by atoms with Gasteiger partial charge in [-0.25, -0.2) is 9.18 Å². The molecule has 0 saturated heterocycles. The highest BCUT2D eigenvalue weighted by atomic mass is 19.1. The first-order valence-electron chi connectivity index (χ1n) is 4.37. The van der Waals surface area contributed by atoms with E-state index in [1.54, 1.807) is 30.3 Å². The van der Waals surface area contributed by atoms with E-state index in [1.165, 1.54) is 12.3 Å². The summed E-state index contributed by atoms with van der Waals surface area (Å²) in [6, 6.07) is 9.72. The Morgan fingerprint density at radius 1 is 1.20 bits per heavy atom. The maximum absolute atomic E-state index is 12.6. The zero-order valence-corrected chi connectivity index (χ0v) is 7.76. The Hall–Kier alpha value is -2.10. The minimum atomic E-state index is -0.522. The maximum atomic E-state index is 12.6. The summed E-state index contributed by atoms with van der Waals surface area (Å²) < 4.78 is 13.6. The molecule has 4 heteroatoms. The van der Waals surface area contributed by atoms with Crippen LogP contribution >= 0.6 is 0 Å². The third-order valence-corrected chi connectivity index (χ3v) is 1.83. The van der Waals surface area contributed by atoms with E-state index in [4.69, 9.17) is 4.84 Å². The lowest BCUT2D eigenvalue weighted by Gasteiger charge is -2.02. The number of halogens is 1. The number of carbonyl (C=O) groups is 1. The third kappa shape index (κ3) is 2.22. The molecule has 0 amide bonds. The summed E-state index contributed by atoms with van der Waals surface area (Å²) in [5.74, 6) is -0.970. The first kappa shape index (κ1) is 9.45. The van der Waals surface area contributed by atoms with Crippen molar-refractivity contribution in [1.82, 2.24) is 4.73 Å². The van der Waals surface area contributed by atoms with E-state index < -0.39 is 11.8 Å². The van der Waals surface area contributed by atoms with E-state index >= 15 is 0 Å². The molecule has 2 rings (SSSR count). The topological polar surface area (TPSA) is 31.2 Å². The van der Waals surface area contributed by atoms with Crippen molar-refractivity contribution in [3.8, 4) is 0 Å². The Balaban J connectivity index is 2.11. The minimum absolute atomic E-state index is 0.423. The lowest BCUT2D eigenvalue weighted by Crippen LogP contribution is -2.18. The van der Waals surface area contributed by atoms with E-state index in [1.807, 2.05) is 0 Å². The lowest BCUT2D eigenvalue weighted by atomic mass is 10.2. The van der Waals surface area contributed by atoms with Gasteiger partial charge in [0, 0.05) is 6.20 Å². The van der Waals surface area contributed by atoms with Crippen molar-refractivity contribution in [2.75, 3.05) is 0 Å². The number of hydrogen-bond donors (Lipinski definition) is 0. The van der Waals surface area contributed by atoms with Crippen LogP contribution in [0.3, 0.4) is 0 Å². The van der Waals surface area contributed by atoms with Crippen LogP contribution < -0.4 is 4.84 Å². The predicted octanol–water partition coefficient (Wildman–Crippen LogP) is 1.90. The fourth-order valence-corrected chi connectivity index (χ4v) is 1.13. The molecule has 76 valence electrons. The summed E-state index contributed by atoms with van der Waals surface area (Å²) in [6.45, 7) is 0. The molecule has 1 aromatic heterocycles. The first-order chi connectivity index (χ1) is 7.25. The van der Waals surface area contributed by atoms with Gasteiger partial charge in [-0.2, -0.15) is 4.73 Å². The average molecular weight is 205 g/mol. The van der Waals surface area contributed by atoms with Gasteiger partial charge in [0.2, 0.25) is 0 Å². The normalized spacial score (nSPS) is 9.93. The molecule has 0 radical (unpaired) electrons. The Morgan fingerprint density at radius 2 is 1.93 bits per heavy atom. The molecule has 0 aliphatic heterocycles. The number of benzene rings is 1. The third-order valence-electron chi connectivity index (χ3n) is 1.83. The zero-order chi connectivity index (χ0) is 10.7. The summed E-state index contributed by atoms with van der Waals surface area (Å²) in [5, 5.41) is 0. The SMILES string of the molecule is O=C(On1ccc(F)c1)c1ccccc1. The molecule has 0 saturated carbocycles. The summed E-state index contributed by atoms with van der Waals surface area (Å²) in [6.07, 6.45) is 2.41. The van der Waals surface area contributed by atoms with Crippen molar-refractivity contribution in [1.29, 1.82) is 0 Å². The van der Waals surface area contributed by atoms with Gasteiger partial charge < -0.3 is 4.84 Å². The van der Waals surface area contributed by atoms with E-state index in [0.29, 0.717) is 5.56 Å². The first-order valence-corrected chi connectivity index (χ1v) is 4.37. The van der Waals surface area contributed by atoms with Gasteiger partial charge in [-0.05, 0) is 18.2 Å². The number of rotatable bonds is 2. The van der Waals surface area contributed by atoms with E-state index in [2.05, 4.69) is 0 Å². The fraction of sp³-hybridized carbons (Fsp3) is 0. The second kappa shape index (κ2) is 3.96. The smallest absolute Gasteiger partial charge is 0.332 e. The number of nitrogens with zero attached hydrogens (tertiary/aromatic N) is 1. The second-order valence-corrected chi connectivity index (χ2v) is 2.93. The van der Waals surface area contributed by atoms with Crippen molar-refractivity contribution >= 4 is 5.97 Å². The fourth-order valence-electron chi connectivity index (χ4n) is 1.13. The van der Waals surface area contributed by atoms with Gasteiger partial charge in [-0.3, -0.25) is 0 Å². The monoisotopic (exact) mass is 205 g/mol. The molecule has 0 fully saturated rings. The van der Waals surface area contributed by atoms with Crippen LogP contribution in [0, 0.1) is 5.82 Å². The quantitative estimate of drug-likeness (QED) is 0.749. The highest BCUT2D eigenvalue weighted by Gasteiger charge is 2.07. The summed E-state index contributed by atoms with van der Waals surface area (Å²) in [7, 11) is 0. The van der Waals surface area contributed by atoms with Crippen LogP contribution in [0.4, 0.5) is 4.39 Å². The highest BCUT2D eigenvalue weighted by molar-refractivity contribution is 5.89. The van der Waals surface area contributed by atoms with Crippen molar-refractivity contribution in [2.24, 2.45) is 0 Å². The van der Waals surface area contributed by atoms with Crippen LogP contribution in [0.25, 0.3) is 0 Å². The molecule has 0 N–H and O–H groups in total. The molecule has 0 aliphatic carbocycles. The lowest BCUT2D eigenvalue weighted by molar-refractivity contribution is 0.0461. The Morgan fingerprint density at radius 3 is 2.53 bits per heavy atom. The summed E-state index contributed by atoms with van der Waals surface area (Å²) in [4.78, 5) is 16.3. The predicted molar refractivity (Wildman–Crippen MR) is 51.7 cm³/mol. The van der Waals surface area contributed by atoms with Gasteiger partial charge in [0.15, 0.2) is 0 Å². The molecular weight excluding hydrogens is 197 g/mol. The molecule has 0 unspecified atom stereocenters. The van der Waals surface area contributed by atoms with Crippen molar-refractivity contribution in [3.05, 3.63) is 60.2 Å². The van der Waals surface area contributed by atoms with Gasteiger partial charge >= 0.3 is 5.97 Å². The molecule has 0 aliphatic rings. The average Bonchev–Trinajstić information content (AvgIpc) is 2.65. The van der Waals surface area contributed by atoms with Crippen molar-refractivity contribution in [3.63, 3.8) is 0 Å². The number of aromatic nitrogens is 1. The highest BCUT2D eigenvalue weighted by Crippen LogP contribution is 2.01. The number of hydrogen-bond acceptors (Lipinski definition) is 2. The van der Waals surface area contributed by atoms with Crippen LogP contribution in [0.2, 0.25) is 0 Å². The number of carbonyl (C=O) groups excluding carboxylic acids is 1. The van der Waals surface area contributed by atoms with Gasteiger partial charge in [-0.1, -0.05) is 18.2 Å². The molecule has 3 nitrogen and oxygen atoms in total. The van der Waals surface area contributed by atoms with Crippen molar-refractivity contribution < 1.29 is 14.0 Å². The Kier molecular flexibility index (Phi) is 2.49.